The van der Waals surface area contributed by atoms with Gasteiger partial charge in [-0.2, -0.15) is 0 Å². The maximum Gasteiger partial charge on any atom is 0.268 e. The van der Waals surface area contributed by atoms with Crippen LogP contribution in [0, 0.1) is 0 Å². The molecule has 0 aromatic carbocycles. The average molecular weight is 262 g/mol. The molecule has 3 rings (SSSR count). The molecule has 0 atom stereocenters. The number of nitrogens with zero attached hydrogens (tertiary/aromatic N) is 2. The van der Waals surface area contributed by atoms with Gasteiger partial charge in [-0.1, -0.05) is 5.16 Å². The number of hydrogen-bond acceptors (Lipinski definition) is 6. The van der Waals surface area contributed by atoms with Crippen molar-refractivity contribution in [3.05, 3.63) is 45.6 Å². The summed E-state index contributed by atoms with van der Waals surface area (Å²) >= 11 is 1.39. The van der Waals surface area contributed by atoms with Gasteiger partial charge in [0.1, 0.15) is 16.3 Å². The van der Waals surface area contributed by atoms with Gasteiger partial charge in [0.2, 0.25) is 0 Å². The molecule has 0 bridgehead atoms. The highest BCUT2D eigenvalue weighted by Crippen LogP contribution is 2.13. The van der Waals surface area contributed by atoms with Crippen LogP contribution in [0.15, 0.2) is 33.0 Å². The monoisotopic (exact) mass is 262 g/mol. The van der Waals surface area contributed by atoms with E-state index in [9.17, 15) is 4.79 Å². The summed E-state index contributed by atoms with van der Waals surface area (Å²) in [7, 11) is 0. The van der Waals surface area contributed by atoms with Crippen molar-refractivity contribution >= 4 is 21.6 Å². The van der Waals surface area contributed by atoms with Crippen molar-refractivity contribution in [2.75, 3.05) is 0 Å². The first-order chi connectivity index (χ1) is 8.83. The number of aromatic nitrogens is 3. The van der Waals surface area contributed by atoms with E-state index in [1.165, 1.54) is 11.3 Å². The minimum Gasteiger partial charge on any atom is -0.360 e. The van der Waals surface area contributed by atoms with Crippen LogP contribution in [0.5, 0.6) is 0 Å². The van der Waals surface area contributed by atoms with Crippen molar-refractivity contribution < 1.29 is 4.52 Å². The minimum atomic E-state index is -0.0912. The molecule has 0 spiro atoms. The minimum absolute atomic E-state index is 0.0912. The molecule has 0 fully saturated rings. The van der Waals surface area contributed by atoms with E-state index >= 15 is 0 Å². The zero-order chi connectivity index (χ0) is 12.4. The van der Waals surface area contributed by atoms with Crippen LogP contribution in [0.1, 0.15) is 11.6 Å². The third-order valence-corrected chi connectivity index (χ3v) is 3.35. The van der Waals surface area contributed by atoms with Gasteiger partial charge < -0.3 is 14.8 Å². The molecule has 2 N–H and O–H groups in total. The Bertz CT molecular complexity index is 701. The maximum atomic E-state index is 11.7. The Morgan fingerprint density at radius 1 is 1.39 bits per heavy atom. The predicted octanol–water partition coefficient (Wildman–Crippen LogP) is 1.26. The summed E-state index contributed by atoms with van der Waals surface area (Å²) in [6.07, 6.45) is 1.59. The van der Waals surface area contributed by atoms with Gasteiger partial charge in [0.05, 0.1) is 24.8 Å². The summed E-state index contributed by atoms with van der Waals surface area (Å²) in [5.41, 5.74) is 0.645. The highest BCUT2D eigenvalue weighted by atomic mass is 32.1. The molecule has 0 amide bonds. The maximum absolute atomic E-state index is 11.7. The summed E-state index contributed by atoms with van der Waals surface area (Å²) in [6.45, 7) is 1.02. The zero-order valence-electron chi connectivity index (χ0n) is 9.34. The molecule has 3 aromatic heterocycles. The van der Waals surface area contributed by atoms with Crippen molar-refractivity contribution in [3.63, 3.8) is 0 Å². The summed E-state index contributed by atoms with van der Waals surface area (Å²) in [4.78, 5) is 18.8. The fourth-order valence-electron chi connectivity index (χ4n) is 1.64. The summed E-state index contributed by atoms with van der Waals surface area (Å²) < 4.78 is 5.61. The molecule has 0 radical (unpaired) electrons. The van der Waals surface area contributed by atoms with E-state index in [0.29, 0.717) is 23.6 Å². The average Bonchev–Trinajstić information content (AvgIpc) is 2.99. The second-order valence-electron chi connectivity index (χ2n) is 3.73. The molecule has 3 heterocycles. The molecule has 18 heavy (non-hydrogen) atoms. The van der Waals surface area contributed by atoms with Gasteiger partial charge in [-0.25, -0.2) is 4.98 Å². The highest BCUT2D eigenvalue weighted by Gasteiger charge is 2.04. The number of rotatable bonds is 4. The van der Waals surface area contributed by atoms with E-state index in [2.05, 4.69) is 20.4 Å². The van der Waals surface area contributed by atoms with Crippen molar-refractivity contribution in [2.45, 2.75) is 13.1 Å². The SMILES string of the molecule is O=c1[nH]c(CNCc2ccno2)nc2ccsc12. The van der Waals surface area contributed by atoms with E-state index in [1.807, 2.05) is 11.4 Å². The summed E-state index contributed by atoms with van der Waals surface area (Å²) in [5, 5.41) is 8.59. The van der Waals surface area contributed by atoms with E-state index in [4.69, 9.17) is 4.52 Å². The third-order valence-electron chi connectivity index (χ3n) is 2.45. The number of fused-ring (bicyclic) bond motifs is 1. The lowest BCUT2D eigenvalue weighted by molar-refractivity contribution is 0.372. The Labute approximate surface area is 106 Å². The number of aromatic amines is 1. The van der Waals surface area contributed by atoms with Crippen molar-refractivity contribution in [3.8, 4) is 0 Å². The third kappa shape index (κ3) is 2.18. The fourth-order valence-corrected chi connectivity index (χ4v) is 2.37. The number of nitrogens with one attached hydrogen (secondary N) is 2. The lowest BCUT2D eigenvalue weighted by atomic mass is 10.4. The Morgan fingerprint density at radius 2 is 2.33 bits per heavy atom. The van der Waals surface area contributed by atoms with Gasteiger partial charge >= 0.3 is 0 Å². The fraction of sp³-hybridized carbons (Fsp3) is 0.182. The Kier molecular flexibility index (Phi) is 2.91. The molecule has 0 saturated carbocycles. The van der Waals surface area contributed by atoms with Gasteiger partial charge in [-0.05, 0) is 11.4 Å². The summed E-state index contributed by atoms with van der Waals surface area (Å²) in [5.74, 6) is 1.36. The molecule has 0 unspecified atom stereocenters. The van der Waals surface area contributed by atoms with Crippen molar-refractivity contribution in [1.29, 1.82) is 0 Å². The van der Waals surface area contributed by atoms with Crippen LogP contribution in [0.3, 0.4) is 0 Å². The topological polar surface area (TPSA) is 83.8 Å². The largest absolute Gasteiger partial charge is 0.360 e. The van der Waals surface area contributed by atoms with Crippen molar-refractivity contribution in [2.24, 2.45) is 0 Å². The smallest absolute Gasteiger partial charge is 0.268 e. The molecule has 92 valence electrons. The summed E-state index contributed by atoms with van der Waals surface area (Å²) in [6, 6.07) is 3.63. The van der Waals surface area contributed by atoms with Crippen LogP contribution in [-0.4, -0.2) is 15.1 Å². The molecule has 0 aliphatic carbocycles. The van der Waals surface area contributed by atoms with Gasteiger partial charge in [0.25, 0.3) is 5.56 Å². The van der Waals surface area contributed by atoms with Crippen LogP contribution in [0.25, 0.3) is 10.2 Å². The molecule has 0 aliphatic rings. The molecule has 3 aromatic rings. The first kappa shape index (κ1) is 11.1. The molecule has 0 saturated heterocycles. The second kappa shape index (κ2) is 4.71. The first-order valence-electron chi connectivity index (χ1n) is 5.39. The Hall–Kier alpha value is -1.99. The van der Waals surface area contributed by atoms with Crippen LogP contribution < -0.4 is 10.9 Å². The van der Waals surface area contributed by atoms with Crippen LogP contribution in [0.4, 0.5) is 0 Å². The standard InChI is InChI=1S/C11H10N4O2S/c16-11-10-8(2-4-18-10)14-9(15-11)6-12-5-7-1-3-13-17-7/h1-4,12H,5-6H2,(H,14,15,16). The molecular formula is C11H10N4O2S. The zero-order valence-corrected chi connectivity index (χ0v) is 10.2. The van der Waals surface area contributed by atoms with Crippen LogP contribution in [0.2, 0.25) is 0 Å². The predicted molar refractivity (Wildman–Crippen MR) is 67.3 cm³/mol. The van der Waals surface area contributed by atoms with E-state index in [0.717, 1.165) is 11.3 Å². The van der Waals surface area contributed by atoms with Gasteiger partial charge in [0.15, 0.2) is 0 Å². The van der Waals surface area contributed by atoms with E-state index < -0.39 is 0 Å². The number of hydrogen-bond donors (Lipinski definition) is 2. The lowest BCUT2D eigenvalue weighted by Gasteiger charge is -2.01. The molecule has 6 nitrogen and oxygen atoms in total. The number of thiophene rings is 1. The van der Waals surface area contributed by atoms with E-state index in [1.54, 1.807) is 12.3 Å². The second-order valence-corrected chi connectivity index (χ2v) is 4.65. The Balaban J connectivity index is 1.72. The first-order valence-corrected chi connectivity index (χ1v) is 6.27. The quantitative estimate of drug-likeness (QED) is 0.739. The Morgan fingerprint density at radius 3 is 3.17 bits per heavy atom. The van der Waals surface area contributed by atoms with Gasteiger partial charge in [-0.3, -0.25) is 4.79 Å². The van der Waals surface area contributed by atoms with Gasteiger partial charge in [-0.15, -0.1) is 11.3 Å². The lowest BCUT2D eigenvalue weighted by Crippen LogP contribution is -2.18. The van der Waals surface area contributed by atoms with Crippen LogP contribution >= 0.6 is 11.3 Å². The van der Waals surface area contributed by atoms with Crippen LogP contribution in [-0.2, 0) is 13.1 Å². The molecule has 7 heteroatoms. The van der Waals surface area contributed by atoms with E-state index in [-0.39, 0.29) is 5.56 Å². The van der Waals surface area contributed by atoms with Crippen molar-refractivity contribution in [1.82, 2.24) is 20.4 Å². The molecular weight excluding hydrogens is 252 g/mol. The van der Waals surface area contributed by atoms with Gasteiger partial charge in [0, 0.05) is 6.07 Å². The normalized spacial score (nSPS) is 11.1. The number of H-pyrrole nitrogens is 1. The molecule has 0 aliphatic heterocycles. The highest BCUT2D eigenvalue weighted by molar-refractivity contribution is 7.17.